The van der Waals surface area contributed by atoms with Gasteiger partial charge in [0.1, 0.15) is 5.75 Å². The molecule has 6 heteroatoms. The highest BCUT2D eigenvalue weighted by atomic mass is 16.5. The molecule has 32 heavy (non-hydrogen) atoms. The second-order valence-electron chi connectivity index (χ2n) is 7.95. The van der Waals surface area contributed by atoms with Crippen LogP contribution in [0.3, 0.4) is 0 Å². The van der Waals surface area contributed by atoms with Crippen molar-refractivity contribution in [1.82, 2.24) is 4.90 Å². The summed E-state index contributed by atoms with van der Waals surface area (Å²) in [5.41, 5.74) is 3.44. The zero-order chi connectivity index (χ0) is 22.3. The first-order valence-corrected chi connectivity index (χ1v) is 10.8. The summed E-state index contributed by atoms with van der Waals surface area (Å²) in [5, 5.41) is 11.9. The van der Waals surface area contributed by atoms with Crippen LogP contribution in [0, 0.1) is 5.92 Å². The van der Waals surface area contributed by atoms with Gasteiger partial charge in [0.05, 0.1) is 6.61 Å². The SMILES string of the molecule is O=C(Nc1ccccc1)c1ccc(-c2ccc(OCC3CCN(C(=O)O)CC3)cc2)cc1. The van der Waals surface area contributed by atoms with Crippen molar-refractivity contribution < 1.29 is 19.4 Å². The maximum absolute atomic E-state index is 12.4. The molecular formula is C26H26N2O4. The third kappa shape index (κ3) is 5.46. The van der Waals surface area contributed by atoms with Crippen molar-refractivity contribution in [3.63, 3.8) is 0 Å². The second kappa shape index (κ2) is 10.0. The van der Waals surface area contributed by atoms with Gasteiger partial charge in [0.15, 0.2) is 0 Å². The van der Waals surface area contributed by atoms with Gasteiger partial charge >= 0.3 is 6.09 Å². The predicted octanol–water partition coefficient (Wildman–Crippen LogP) is 5.37. The van der Waals surface area contributed by atoms with Crippen LogP contribution in [-0.4, -0.2) is 41.7 Å². The minimum atomic E-state index is -0.843. The van der Waals surface area contributed by atoms with Crippen LogP contribution >= 0.6 is 0 Å². The lowest BCUT2D eigenvalue weighted by Gasteiger charge is -2.29. The largest absolute Gasteiger partial charge is 0.493 e. The molecule has 0 radical (unpaired) electrons. The van der Waals surface area contributed by atoms with Gasteiger partial charge in [-0.05, 0) is 66.3 Å². The summed E-state index contributed by atoms with van der Waals surface area (Å²) in [5.74, 6) is 1.04. The Bertz CT molecular complexity index is 1040. The molecule has 0 aliphatic carbocycles. The van der Waals surface area contributed by atoms with Gasteiger partial charge in [0.2, 0.25) is 0 Å². The van der Waals surface area contributed by atoms with Gasteiger partial charge in [-0.15, -0.1) is 0 Å². The number of para-hydroxylation sites is 1. The molecule has 0 aromatic heterocycles. The van der Waals surface area contributed by atoms with Gasteiger partial charge < -0.3 is 20.1 Å². The van der Waals surface area contributed by atoms with Gasteiger partial charge in [-0.2, -0.15) is 0 Å². The van der Waals surface area contributed by atoms with Crippen molar-refractivity contribution in [2.45, 2.75) is 12.8 Å². The summed E-state index contributed by atoms with van der Waals surface area (Å²) >= 11 is 0. The fraction of sp³-hybridized carbons (Fsp3) is 0.231. The topological polar surface area (TPSA) is 78.9 Å². The van der Waals surface area contributed by atoms with Crippen LogP contribution in [0.4, 0.5) is 10.5 Å². The number of nitrogens with zero attached hydrogens (tertiary/aromatic N) is 1. The quantitative estimate of drug-likeness (QED) is 0.551. The van der Waals surface area contributed by atoms with E-state index in [1.807, 2.05) is 78.9 Å². The Kier molecular flexibility index (Phi) is 6.70. The number of hydrogen-bond acceptors (Lipinski definition) is 3. The number of carbonyl (C=O) groups excluding carboxylic acids is 1. The maximum atomic E-state index is 12.4. The first-order valence-electron chi connectivity index (χ1n) is 10.8. The highest BCUT2D eigenvalue weighted by Crippen LogP contribution is 2.25. The molecule has 0 saturated carbocycles. The summed E-state index contributed by atoms with van der Waals surface area (Å²) in [7, 11) is 0. The summed E-state index contributed by atoms with van der Waals surface area (Å²) in [6.07, 6.45) is 0.813. The summed E-state index contributed by atoms with van der Waals surface area (Å²) in [6.45, 7) is 1.74. The Balaban J connectivity index is 1.30. The molecular weight excluding hydrogens is 404 g/mol. The van der Waals surface area contributed by atoms with Crippen molar-refractivity contribution in [3.05, 3.63) is 84.4 Å². The van der Waals surface area contributed by atoms with Crippen LogP contribution < -0.4 is 10.1 Å². The predicted molar refractivity (Wildman–Crippen MR) is 124 cm³/mol. The molecule has 0 spiro atoms. The molecule has 0 atom stereocenters. The van der Waals surface area contributed by atoms with Crippen LogP contribution in [0.5, 0.6) is 5.75 Å². The van der Waals surface area contributed by atoms with Crippen molar-refractivity contribution in [3.8, 4) is 16.9 Å². The molecule has 1 heterocycles. The Morgan fingerprint density at radius 3 is 2.06 bits per heavy atom. The minimum Gasteiger partial charge on any atom is -0.493 e. The number of nitrogens with one attached hydrogen (secondary N) is 1. The third-order valence-corrected chi connectivity index (χ3v) is 5.74. The van der Waals surface area contributed by atoms with Crippen LogP contribution in [0.15, 0.2) is 78.9 Å². The van der Waals surface area contributed by atoms with E-state index in [-0.39, 0.29) is 5.91 Å². The molecule has 6 nitrogen and oxygen atoms in total. The third-order valence-electron chi connectivity index (χ3n) is 5.74. The molecule has 1 fully saturated rings. The van der Waals surface area contributed by atoms with Gasteiger partial charge in [-0.1, -0.05) is 42.5 Å². The van der Waals surface area contributed by atoms with Gasteiger partial charge in [0, 0.05) is 24.3 Å². The monoisotopic (exact) mass is 430 g/mol. The number of carboxylic acid groups (broad SMARTS) is 1. The number of anilines is 1. The van der Waals surface area contributed by atoms with E-state index in [2.05, 4.69) is 5.32 Å². The molecule has 2 amide bonds. The highest BCUT2D eigenvalue weighted by Gasteiger charge is 2.22. The molecule has 1 saturated heterocycles. The highest BCUT2D eigenvalue weighted by molar-refractivity contribution is 6.04. The first kappa shape index (κ1) is 21.4. The van der Waals surface area contributed by atoms with E-state index in [1.54, 1.807) is 0 Å². The number of hydrogen-bond donors (Lipinski definition) is 2. The molecule has 0 unspecified atom stereocenters. The van der Waals surface area contributed by atoms with E-state index >= 15 is 0 Å². The fourth-order valence-corrected chi connectivity index (χ4v) is 3.79. The zero-order valence-corrected chi connectivity index (χ0v) is 17.7. The maximum Gasteiger partial charge on any atom is 0.407 e. The number of ether oxygens (including phenoxy) is 1. The Labute approximate surface area is 187 Å². The van der Waals surface area contributed by atoms with Crippen molar-refractivity contribution >= 4 is 17.7 Å². The average molecular weight is 431 g/mol. The lowest BCUT2D eigenvalue weighted by molar-refractivity contribution is 0.102. The molecule has 1 aliphatic heterocycles. The van der Waals surface area contributed by atoms with E-state index in [9.17, 15) is 9.59 Å². The van der Waals surface area contributed by atoms with E-state index in [1.165, 1.54) is 4.90 Å². The zero-order valence-electron chi connectivity index (χ0n) is 17.7. The number of amides is 2. The van der Waals surface area contributed by atoms with Crippen LogP contribution in [0.1, 0.15) is 23.2 Å². The van der Waals surface area contributed by atoms with Gasteiger partial charge in [-0.25, -0.2) is 4.79 Å². The number of likely N-dealkylation sites (tertiary alicyclic amines) is 1. The molecule has 2 N–H and O–H groups in total. The standard InChI is InChI=1S/C26H26N2O4/c29-25(27-23-4-2-1-3-5-23)22-8-6-20(7-9-22)21-10-12-24(13-11-21)32-18-19-14-16-28(17-15-19)26(30)31/h1-13,19H,14-18H2,(H,27,29)(H,30,31). The van der Waals surface area contributed by atoms with E-state index in [0.29, 0.717) is 31.2 Å². The first-order chi connectivity index (χ1) is 15.6. The van der Waals surface area contributed by atoms with Crippen LogP contribution in [0.25, 0.3) is 11.1 Å². The Morgan fingerprint density at radius 1 is 0.875 bits per heavy atom. The van der Waals surface area contributed by atoms with E-state index in [4.69, 9.17) is 9.84 Å². The van der Waals surface area contributed by atoms with Crippen molar-refractivity contribution in [2.75, 3.05) is 25.0 Å². The summed E-state index contributed by atoms with van der Waals surface area (Å²) in [6, 6.07) is 24.8. The second-order valence-corrected chi connectivity index (χ2v) is 7.95. The lowest BCUT2D eigenvalue weighted by Crippen LogP contribution is -2.38. The Morgan fingerprint density at radius 2 is 1.47 bits per heavy atom. The van der Waals surface area contributed by atoms with Gasteiger partial charge in [-0.3, -0.25) is 4.79 Å². The molecule has 0 bridgehead atoms. The Hall–Kier alpha value is -3.80. The van der Waals surface area contributed by atoms with E-state index < -0.39 is 6.09 Å². The minimum absolute atomic E-state index is 0.138. The van der Waals surface area contributed by atoms with E-state index in [0.717, 1.165) is 35.4 Å². The average Bonchev–Trinajstić information content (AvgIpc) is 2.84. The fourth-order valence-electron chi connectivity index (χ4n) is 3.79. The normalized spacial score (nSPS) is 14.1. The molecule has 1 aliphatic rings. The van der Waals surface area contributed by atoms with Crippen molar-refractivity contribution in [2.24, 2.45) is 5.92 Å². The van der Waals surface area contributed by atoms with Gasteiger partial charge in [0.25, 0.3) is 5.91 Å². The smallest absolute Gasteiger partial charge is 0.407 e. The number of benzene rings is 3. The summed E-state index contributed by atoms with van der Waals surface area (Å²) in [4.78, 5) is 24.9. The molecule has 4 rings (SSSR count). The van der Waals surface area contributed by atoms with Crippen molar-refractivity contribution in [1.29, 1.82) is 0 Å². The number of carbonyl (C=O) groups is 2. The number of rotatable bonds is 6. The molecule has 164 valence electrons. The lowest BCUT2D eigenvalue weighted by atomic mass is 9.98. The van der Waals surface area contributed by atoms with Crippen LogP contribution in [-0.2, 0) is 0 Å². The number of piperidine rings is 1. The molecule has 3 aromatic carbocycles. The van der Waals surface area contributed by atoms with Crippen LogP contribution in [0.2, 0.25) is 0 Å². The molecule has 3 aromatic rings. The summed E-state index contributed by atoms with van der Waals surface area (Å²) < 4.78 is 5.92.